The molecular weight excluding hydrogens is 381 g/mol. The summed E-state index contributed by atoms with van der Waals surface area (Å²) in [5, 5.41) is 3.74. The molecule has 1 fully saturated rings. The zero-order valence-corrected chi connectivity index (χ0v) is 15.3. The molecule has 1 aliphatic carbocycles. The smallest absolute Gasteiger partial charge is 0.406 e. The van der Waals surface area contributed by atoms with Crippen molar-refractivity contribution < 1.29 is 22.4 Å². The number of hydrogen-bond donors (Lipinski definition) is 1. The van der Waals surface area contributed by atoms with E-state index in [1.165, 1.54) is 6.26 Å². The van der Waals surface area contributed by atoms with E-state index in [0.29, 0.717) is 16.7 Å². The molecule has 0 aliphatic heterocycles. The molecule has 1 aliphatic rings. The minimum atomic E-state index is -4.48. The Kier molecular flexibility index (Phi) is 6.11. The van der Waals surface area contributed by atoms with Gasteiger partial charge in [-0.3, -0.25) is 4.79 Å². The molecule has 1 aromatic heterocycles. The Morgan fingerprint density at radius 1 is 1.26 bits per heavy atom. The summed E-state index contributed by atoms with van der Waals surface area (Å²) in [7, 11) is 0. The number of hydrogen-bond acceptors (Lipinski definition) is 3. The van der Waals surface area contributed by atoms with Crippen molar-refractivity contribution in [1.29, 1.82) is 0 Å². The monoisotopic (exact) mass is 400 g/mol. The van der Waals surface area contributed by atoms with E-state index in [1.807, 2.05) is 12.1 Å². The van der Waals surface area contributed by atoms with Gasteiger partial charge in [-0.1, -0.05) is 23.7 Å². The quantitative estimate of drug-likeness (QED) is 0.706. The van der Waals surface area contributed by atoms with Crippen LogP contribution in [0, 0.1) is 5.92 Å². The first-order chi connectivity index (χ1) is 12.8. The van der Waals surface area contributed by atoms with E-state index in [9.17, 15) is 18.0 Å². The van der Waals surface area contributed by atoms with Gasteiger partial charge in [-0.25, -0.2) is 0 Å². The number of amides is 1. The van der Waals surface area contributed by atoms with E-state index in [-0.39, 0.29) is 19.1 Å². The number of furan rings is 1. The van der Waals surface area contributed by atoms with Crippen LogP contribution < -0.4 is 5.32 Å². The maximum absolute atomic E-state index is 12.9. The van der Waals surface area contributed by atoms with Crippen LogP contribution in [0.5, 0.6) is 0 Å². The second kappa shape index (κ2) is 8.35. The summed E-state index contributed by atoms with van der Waals surface area (Å²) in [4.78, 5) is 13.2. The lowest BCUT2D eigenvalue weighted by atomic mass is 10.0. The SMILES string of the molecule is O=C(CNC(c1ccc(Cl)cc1)C1CC1)N(Cc1ccco1)CC(F)(F)F. The van der Waals surface area contributed by atoms with Crippen LogP contribution in [-0.4, -0.2) is 30.1 Å². The Bertz CT molecular complexity index is 743. The van der Waals surface area contributed by atoms with Crippen molar-refractivity contribution in [3.05, 3.63) is 59.0 Å². The molecule has 2 aromatic rings. The van der Waals surface area contributed by atoms with Crippen LogP contribution in [0.2, 0.25) is 5.02 Å². The number of alkyl halides is 3. The summed E-state index contributed by atoms with van der Waals surface area (Å²) < 4.78 is 43.7. The molecule has 0 radical (unpaired) electrons. The molecule has 0 bridgehead atoms. The highest BCUT2D eigenvalue weighted by atomic mass is 35.5. The van der Waals surface area contributed by atoms with Gasteiger partial charge in [0.05, 0.1) is 19.4 Å². The zero-order chi connectivity index (χ0) is 19.4. The van der Waals surface area contributed by atoms with Gasteiger partial charge in [0.15, 0.2) is 0 Å². The van der Waals surface area contributed by atoms with Crippen LogP contribution in [0.25, 0.3) is 0 Å². The summed E-state index contributed by atoms with van der Waals surface area (Å²) in [6.07, 6.45) is -1.07. The number of carbonyl (C=O) groups excluding carboxylic acids is 1. The highest BCUT2D eigenvalue weighted by molar-refractivity contribution is 6.30. The van der Waals surface area contributed by atoms with Crippen molar-refractivity contribution in [2.24, 2.45) is 5.92 Å². The summed E-state index contributed by atoms with van der Waals surface area (Å²) in [6, 6.07) is 10.3. The summed E-state index contributed by atoms with van der Waals surface area (Å²) in [6.45, 7) is -1.72. The second-order valence-electron chi connectivity index (χ2n) is 6.69. The summed E-state index contributed by atoms with van der Waals surface area (Å²) in [5.41, 5.74) is 0.975. The van der Waals surface area contributed by atoms with Crippen molar-refractivity contribution in [1.82, 2.24) is 10.2 Å². The Morgan fingerprint density at radius 2 is 1.96 bits per heavy atom. The molecule has 0 spiro atoms. The molecule has 1 aromatic carbocycles. The first-order valence-corrected chi connectivity index (χ1v) is 9.05. The Labute approximate surface area is 160 Å². The number of benzene rings is 1. The molecule has 27 heavy (non-hydrogen) atoms. The number of nitrogens with zero attached hydrogens (tertiary/aromatic N) is 1. The lowest BCUT2D eigenvalue weighted by Gasteiger charge is -2.25. The van der Waals surface area contributed by atoms with E-state index in [1.54, 1.807) is 24.3 Å². The van der Waals surface area contributed by atoms with Crippen molar-refractivity contribution in [3.63, 3.8) is 0 Å². The van der Waals surface area contributed by atoms with Crippen molar-refractivity contribution in [3.8, 4) is 0 Å². The highest BCUT2D eigenvalue weighted by Gasteiger charge is 2.35. The van der Waals surface area contributed by atoms with Crippen molar-refractivity contribution in [2.75, 3.05) is 13.1 Å². The van der Waals surface area contributed by atoms with Crippen LogP contribution in [0.1, 0.15) is 30.2 Å². The fraction of sp³-hybridized carbons (Fsp3) is 0.421. The number of carbonyl (C=O) groups is 1. The molecule has 1 atom stereocenters. The Morgan fingerprint density at radius 3 is 2.52 bits per heavy atom. The maximum atomic E-state index is 12.9. The molecule has 1 N–H and O–H groups in total. The largest absolute Gasteiger partial charge is 0.467 e. The standard InChI is InChI=1S/C19H20ClF3N2O2/c20-15-7-5-14(6-8-15)18(13-3-4-13)24-10-17(26)25(12-19(21,22)23)11-16-2-1-9-27-16/h1-2,5-9,13,18,24H,3-4,10-12H2. The van der Waals surface area contributed by atoms with Gasteiger partial charge < -0.3 is 14.6 Å². The molecule has 1 saturated carbocycles. The van der Waals surface area contributed by atoms with Gasteiger partial charge in [0, 0.05) is 11.1 Å². The van der Waals surface area contributed by atoms with Crippen molar-refractivity contribution in [2.45, 2.75) is 31.6 Å². The lowest BCUT2D eigenvalue weighted by Crippen LogP contribution is -2.43. The van der Waals surface area contributed by atoms with Crippen molar-refractivity contribution >= 4 is 17.5 Å². The van der Waals surface area contributed by atoms with Gasteiger partial charge in [0.1, 0.15) is 12.3 Å². The minimum Gasteiger partial charge on any atom is -0.467 e. The molecular formula is C19H20ClF3N2O2. The van der Waals surface area contributed by atoms with Crippen LogP contribution in [0.3, 0.4) is 0 Å². The van der Waals surface area contributed by atoms with Crippen LogP contribution in [0.4, 0.5) is 13.2 Å². The fourth-order valence-corrected chi connectivity index (χ4v) is 3.13. The summed E-state index contributed by atoms with van der Waals surface area (Å²) in [5.74, 6) is 0.0625. The fourth-order valence-electron chi connectivity index (χ4n) is 3.00. The molecule has 146 valence electrons. The molecule has 1 amide bonds. The van der Waals surface area contributed by atoms with E-state index in [2.05, 4.69) is 5.32 Å². The maximum Gasteiger partial charge on any atom is 0.406 e. The molecule has 1 unspecified atom stereocenters. The van der Waals surface area contributed by atoms with E-state index < -0.39 is 18.6 Å². The third kappa shape index (κ3) is 6.01. The number of halogens is 4. The minimum absolute atomic E-state index is 0.0810. The van der Waals surface area contributed by atoms with E-state index in [0.717, 1.165) is 23.3 Å². The topological polar surface area (TPSA) is 45.5 Å². The Hall–Kier alpha value is -1.99. The molecule has 0 saturated heterocycles. The average Bonchev–Trinajstić information content (AvgIpc) is 3.31. The van der Waals surface area contributed by atoms with Gasteiger partial charge in [0.2, 0.25) is 5.91 Å². The predicted molar refractivity (Wildman–Crippen MR) is 95.1 cm³/mol. The van der Waals surface area contributed by atoms with Gasteiger partial charge in [-0.2, -0.15) is 13.2 Å². The van der Waals surface area contributed by atoms with Crippen LogP contribution in [0.15, 0.2) is 47.1 Å². The first kappa shape index (κ1) is 19.8. The molecule has 4 nitrogen and oxygen atoms in total. The molecule has 3 rings (SSSR count). The van der Waals surface area contributed by atoms with Gasteiger partial charge in [0.25, 0.3) is 0 Å². The zero-order valence-electron chi connectivity index (χ0n) is 14.5. The average molecular weight is 401 g/mol. The predicted octanol–water partition coefficient (Wildman–Crippen LogP) is 4.56. The van der Waals surface area contributed by atoms with Crippen LogP contribution >= 0.6 is 11.6 Å². The lowest BCUT2D eigenvalue weighted by molar-refractivity contribution is -0.162. The number of rotatable bonds is 8. The van der Waals surface area contributed by atoms with E-state index >= 15 is 0 Å². The third-order valence-corrected chi connectivity index (χ3v) is 4.70. The summed E-state index contributed by atoms with van der Waals surface area (Å²) >= 11 is 5.91. The normalized spacial score (nSPS) is 15.6. The number of nitrogens with one attached hydrogen (secondary N) is 1. The van der Waals surface area contributed by atoms with Gasteiger partial charge >= 0.3 is 6.18 Å². The second-order valence-corrected chi connectivity index (χ2v) is 7.13. The van der Waals surface area contributed by atoms with Crippen LogP contribution in [-0.2, 0) is 11.3 Å². The molecule has 8 heteroatoms. The highest BCUT2D eigenvalue weighted by Crippen LogP contribution is 2.41. The molecule has 1 heterocycles. The van der Waals surface area contributed by atoms with Gasteiger partial charge in [-0.15, -0.1) is 0 Å². The third-order valence-electron chi connectivity index (χ3n) is 4.45. The Balaban J connectivity index is 1.65. The van der Waals surface area contributed by atoms with Gasteiger partial charge in [-0.05, 0) is 48.6 Å². The van der Waals surface area contributed by atoms with E-state index in [4.69, 9.17) is 16.0 Å². The first-order valence-electron chi connectivity index (χ1n) is 8.67.